The van der Waals surface area contributed by atoms with Crippen LogP contribution in [0.3, 0.4) is 0 Å². The molecule has 0 atom stereocenters. The third-order valence-corrected chi connectivity index (χ3v) is 4.18. The Balaban J connectivity index is 0.00000106. The number of pyridine rings is 2. The van der Waals surface area contributed by atoms with Crippen molar-refractivity contribution in [3.63, 3.8) is 0 Å². The molecule has 8 heteroatoms. The van der Waals surface area contributed by atoms with E-state index in [2.05, 4.69) is 15.3 Å². The number of carbonyl (C=O) groups excluding carboxylic acids is 1. The van der Waals surface area contributed by atoms with Crippen LogP contribution in [-0.2, 0) is 4.79 Å². The number of nitrogen functional groups attached to an aromatic ring is 2. The number of halogens is 1. The summed E-state index contributed by atoms with van der Waals surface area (Å²) < 4.78 is 14.8. The second-order valence-corrected chi connectivity index (χ2v) is 5.93. The fourth-order valence-electron chi connectivity index (χ4n) is 2.71. The molecule has 0 fully saturated rings. The summed E-state index contributed by atoms with van der Waals surface area (Å²) in [4.78, 5) is 19.9. The first-order valence-corrected chi connectivity index (χ1v) is 10.0. The summed E-state index contributed by atoms with van der Waals surface area (Å²) in [7, 11) is 0. The molecule has 162 valence electrons. The van der Waals surface area contributed by atoms with Crippen LogP contribution in [0, 0.1) is 12.7 Å². The molecule has 2 aromatic heterocycles. The Morgan fingerprint density at radius 3 is 2.37 bits per heavy atom. The maximum atomic E-state index is 14.8. The smallest absolute Gasteiger partial charge is 0.226 e. The van der Waals surface area contributed by atoms with E-state index in [1.165, 1.54) is 12.4 Å². The number of rotatable bonds is 4. The summed E-state index contributed by atoms with van der Waals surface area (Å²) in [5.41, 5.74) is 19.2. The van der Waals surface area contributed by atoms with Gasteiger partial charge in [-0.3, -0.25) is 9.78 Å². The minimum atomic E-state index is -0.560. The number of nitrogens with two attached hydrogens (primary N) is 3. The number of anilines is 3. The van der Waals surface area contributed by atoms with Gasteiger partial charge in [-0.05, 0) is 30.0 Å². The Bertz CT molecular complexity index is 1010. The van der Waals surface area contributed by atoms with Gasteiger partial charge in [-0.2, -0.15) is 0 Å². The van der Waals surface area contributed by atoms with E-state index in [-0.39, 0.29) is 30.1 Å². The fraction of sp³-hybridized carbons (Fsp3) is 0.318. The molecule has 7 nitrogen and oxygen atoms in total. The Hall–Kier alpha value is -3.26. The third-order valence-electron chi connectivity index (χ3n) is 4.18. The van der Waals surface area contributed by atoms with Gasteiger partial charge < -0.3 is 22.5 Å². The summed E-state index contributed by atoms with van der Waals surface area (Å²) in [6, 6.07) is 3.28. The molecule has 30 heavy (non-hydrogen) atoms. The van der Waals surface area contributed by atoms with Crippen molar-refractivity contribution in [2.24, 2.45) is 5.73 Å². The first-order chi connectivity index (χ1) is 14.4. The predicted octanol–water partition coefficient (Wildman–Crippen LogP) is 4.25. The predicted molar refractivity (Wildman–Crippen MR) is 123 cm³/mol. The quantitative estimate of drug-likeness (QED) is 0.472. The highest BCUT2D eigenvalue weighted by Crippen LogP contribution is 2.35. The zero-order valence-electron chi connectivity index (χ0n) is 18.2. The molecular weight excluding hydrogens is 383 g/mol. The minimum Gasteiger partial charge on any atom is -0.397 e. The Morgan fingerprint density at radius 1 is 1.07 bits per heavy atom. The Morgan fingerprint density at radius 2 is 1.73 bits per heavy atom. The van der Waals surface area contributed by atoms with Crippen LogP contribution in [0.4, 0.5) is 21.6 Å². The van der Waals surface area contributed by atoms with E-state index >= 15 is 0 Å². The topological polar surface area (TPSA) is 133 Å². The van der Waals surface area contributed by atoms with Crippen LogP contribution in [0.25, 0.3) is 21.9 Å². The second kappa shape index (κ2) is 11.7. The van der Waals surface area contributed by atoms with Crippen LogP contribution in [-0.4, -0.2) is 22.4 Å². The number of hydrogen-bond acceptors (Lipinski definition) is 6. The van der Waals surface area contributed by atoms with E-state index in [0.717, 1.165) is 0 Å². The number of nitrogens with one attached hydrogen (secondary N) is 1. The molecule has 3 aromatic rings. The van der Waals surface area contributed by atoms with Gasteiger partial charge in [-0.25, -0.2) is 9.37 Å². The number of fused-ring (bicyclic) bond motifs is 1. The summed E-state index contributed by atoms with van der Waals surface area (Å²) in [5.74, 6) is -0.462. The molecule has 0 aliphatic rings. The van der Waals surface area contributed by atoms with Gasteiger partial charge in [0.15, 0.2) is 5.82 Å². The van der Waals surface area contributed by atoms with Crippen molar-refractivity contribution in [1.82, 2.24) is 9.97 Å². The maximum Gasteiger partial charge on any atom is 0.226 e. The van der Waals surface area contributed by atoms with Gasteiger partial charge in [0, 0.05) is 41.9 Å². The van der Waals surface area contributed by atoms with Gasteiger partial charge in [-0.1, -0.05) is 27.7 Å². The Labute approximate surface area is 176 Å². The lowest BCUT2D eigenvalue weighted by Crippen LogP contribution is -2.16. The van der Waals surface area contributed by atoms with Crippen molar-refractivity contribution in [3.05, 3.63) is 42.1 Å². The number of amides is 1. The van der Waals surface area contributed by atoms with Gasteiger partial charge >= 0.3 is 0 Å². The van der Waals surface area contributed by atoms with E-state index in [0.29, 0.717) is 33.4 Å². The molecule has 2 heterocycles. The lowest BCUT2D eigenvalue weighted by Gasteiger charge is -2.13. The van der Waals surface area contributed by atoms with E-state index in [4.69, 9.17) is 17.2 Å². The van der Waals surface area contributed by atoms with Crippen LogP contribution in [0.2, 0.25) is 0 Å². The summed E-state index contributed by atoms with van der Waals surface area (Å²) >= 11 is 0. The lowest BCUT2D eigenvalue weighted by atomic mass is 9.97. The van der Waals surface area contributed by atoms with E-state index in [9.17, 15) is 9.18 Å². The largest absolute Gasteiger partial charge is 0.397 e. The van der Waals surface area contributed by atoms with Gasteiger partial charge in [0.1, 0.15) is 5.82 Å². The monoisotopic (exact) mass is 414 g/mol. The zero-order valence-corrected chi connectivity index (χ0v) is 18.2. The number of nitrogens with zero attached hydrogens (tertiary/aromatic N) is 2. The van der Waals surface area contributed by atoms with Crippen molar-refractivity contribution >= 4 is 33.9 Å². The third kappa shape index (κ3) is 5.42. The molecule has 1 aromatic carbocycles. The molecule has 0 radical (unpaired) electrons. The standard InChI is InChI=1S/C18H19FN6O.2C2H6/c1-9-12(6-23-8-14(9)21)11-4-10-5-15(25-16(26)2-3-20)24-7-13(10)18(22)17(11)19;2*1-2/h4-8H,2-3,20-22H2,1H3,(H,24,25,26);2*1-2H3. The van der Waals surface area contributed by atoms with Crippen molar-refractivity contribution in [3.8, 4) is 11.1 Å². The highest BCUT2D eigenvalue weighted by Gasteiger charge is 2.16. The molecular formula is C22H31FN6O. The van der Waals surface area contributed by atoms with Gasteiger partial charge in [-0.15, -0.1) is 0 Å². The van der Waals surface area contributed by atoms with E-state index < -0.39 is 5.82 Å². The molecule has 0 spiro atoms. The van der Waals surface area contributed by atoms with Gasteiger partial charge in [0.2, 0.25) is 5.91 Å². The van der Waals surface area contributed by atoms with Crippen LogP contribution >= 0.6 is 0 Å². The lowest BCUT2D eigenvalue weighted by molar-refractivity contribution is -0.116. The van der Waals surface area contributed by atoms with Crippen LogP contribution in [0.5, 0.6) is 0 Å². The van der Waals surface area contributed by atoms with Crippen LogP contribution in [0.1, 0.15) is 39.7 Å². The maximum absolute atomic E-state index is 14.8. The molecule has 0 saturated carbocycles. The molecule has 0 aliphatic heterocycles. The highest BCUT2D eigenvalue weighted by atomic mass is 19.1. The number of carbonyl (C=O) groups is 1. The zero-order chi connectivity index (χ0) is 22.8. The summed E-state index contributed by atoms with van der Waals surface area (Å²) in [6.07, 6.45) is 4.67. The molecule has 7 N–H and O–H groups in total. The van der Waals surface area contributed by atoms with E-state index in [1.54, 1.807) is 25.3 Å². The fourth-order valence-corrected chi connectivity index (χ4v) is 2.71. The molecule has 0 bridgehead atoms. The van der Waals surface area contributed by atoms with Crippen molar-refractivity contribution in [2.45, 2.75) is 41.0 Å². The average Bonchev–Trinajstić information content (AvgIpc) is 2.76. The molecule has 3 rings (SSSR count). The van der Waals surface area contributed by atoms with Crippen LogP contribution in [0.15, 0.2) is 30.7 Å². The van der Waals surface area contributed by atoms with Crippen molar-refractivity contribution in [1.29, 1.82) is 0 Å². The Kier molecular flexibility index (Phi) is 9.64. The number of aromatic nitrogens is 2. The van der Waals surface area contributed by atoms with Crippen molar-refractivity contribution in [2.75, 3.05) is 23.3 Å². The molecule has 0 saturated heterocycles. The minimum absolute atomic E-state index is 0.0216. The van der Waals surface area contributed by atoms with E-state index in [1.807, 2.05) is 27.7 Å². The normalized spacial score (nSPS) is 9.83. The van der Waals surface area contributed by atoms with Crippen LogP contribution < -0.4 is 22.5 Å². The first kappa shape index (κ1) is 24.8. The molecule has 1 amide bonds. The average molecular weight is 415 g/mol. The highest BCUT2D eigenvalue weighted by molar-refractivity contribution is 6.00. The van der Waals surface area contributed by atoms with Gasteiger partial charge in [0.05, 0.1) is 17.6 Å². The molecule has 0 unspecified atom stereocenters. The van der Waals surface area contributed by atoms with Crippen molar-refractivity contribution < 1.29 is 9.18 Å². The number of hydrogen-bond donors (Lipinski definition) is 4. The second-order valence-electron chi connectivity index (χ2n) is 5.93. The SMILES string of the molecule is CC.CC.Cc1c(N)cncc1-c1cc2cc(NC(=O)CCN)ncc2c(N)c1F. The number of benzene rings is 1. The van der Waals surface area contributed by atoms with Gasteiger partial charge in [0.25, 0.3) is 0 Å². The molecule has 0 aliphatic carbocycles. The summed E-state index contributed by atoms with van der Waals surface area (Å²) in [6.45, 7) is 10.0. The first-order valence-electron chi connectivity index (χ1n) is 10.0. The summed E-state index contributed by atoms with van der Waals surface area (Å²) in [5, 5.41) is 3.75.